The summed E-state index contributed by atoms with van der Waals surface area (Å²) in [7, 11) is 0. The summed E-state index contributed by atoms with van der Waals surface area (Å²) in [5, 5.41) is 2.00. The third kappa shape index (κ3) is 3.78. The van der Waals surface area contributed by atoms with E-state index in [1.54, 1.807) is 48.5 Å². The van der Waals surface area contributed by atoms with Gasteiger partial charge >= 0.3 is 6.09 Å². The van der Waals surface area contributed by atoms with E-state index in [-0.39, 0.29) is 0 Å². The van der Waals surface area contributed by atoms with Gasteiger partial charge in [0.15, 0.2) is 0 Å². The van der Waals surface area contributed by atoms with Crippen LogP contribution in [0.3, 0.4) is 0 Å². The highest BCUT2D eigenvalue weighted by Gasteiger charge is 2.32. The fourth-order valence-electron chi connectivity index (χ4n) is 2.67. The standard InChI is InChI=1S/C19H8Cl5NO2S/c20-9-1-3-11(4-2-9)27-19(26)25-15-7-12(22)13(23)8-17(15)28-18-14(24)5-10(21)6-16(18)25/h1-8H. The van der Waals surface area contributed by atoms with Gasteiger partial charge in [-0.25, -0.2) is 9.69 Å². The molecule has 0 spiro atoms. The van der Waals surface area contributed by atoms with Gasteiger partial charge < -0.3 is 4.74 Å². The maximum absolute atomic E-state index is 13.1. The SMILES string of the molecule is O=C(Oc1ccc(Cl)cc1)N1c2cc(Cl)c(Cl)cc2Sc2c(Cl)cc(Cl)cc21. The average molecular weight is 492 g/mol. The van der Waals surface area contributed by atoms with E-state index in [4.69, 9.17) is 62.7 Å². The van der Waals surface area contributed by atoms with Crippen molar-refractivity contribution in [1.82, 2.24) is 0 Å². The van der Waals surface area contributed by atoms with Crippen molar-refractivity contribution in [3.8, 4) is 5.75 Å². The zero-order valence-electron chi connectivity index (χ0n) is 13.7. The molecule has 0 fully saturated rings. The number of nitrogens with zero attached hydrogens (tertiary/aromatic N) is 1. The van der Waals surface area contributed by atoms with Crippen LogP contribution >= 0.6 is 69.8 Å². The van der Waals surface area contributed by atoms with Crippen LogP contribution in [0.25, 0.3) is 0 Å². The summed E-state index contributed by atoms with van der Waals surface area (Å²) in [6.45, 7) is 0. The zero-order valence-corrected chi connectivity index (χ0v) is 18.3. The molecule has 0 aromatic heterocycles. The number of hydrogen-bond acceptors (Lipinski definition) is 3. The molecule has 0 atom stereocenters. The van der Waals surface area contributed by atoms with E-state index < -0.39 is 6.09 Å². The van der Waals surface area contributed by atoms with Crippen molar-refractivity contribution >= 4 is 87.2 Å². The molecular weight excluding hydrogens is 484 g/mol. The van der Waals surface area contributed by atoms with Crippen molar-refractivity contribution in [3.63, 3.8) is 0 Å². The van der Waals surface area contributed by atoms with E-state index in [2.05, 4.69) is 0 Å². The number of benzene rings is 3. The quantitative estimate of drug-likeness (QED) is 0.341. The first-order valence-electron chi connectivity index (χ1n) is 7.77. The number of carbonyl (C=O) groups excluding carboxylic acids is 1. The fraction of sp³-hybridized carbons (Fsp3) is 0. The third-order valence-corrected chi connectivity index (χ3v) is 6.67. The van der Waals surface area contributed by atoms with Crippen molar-refractivity contribution in [3.05, 3.63) is 73.6 Å². The molecule has 0 N–H and O–H groups in total. The number of rotatable bonds is 1. The van der Waals surface area contributed by atoms with Gasteiger partial charge in [-0.2, -0.15) is 0 Å². The van der Waals surface area contributed by atoms with E-state index in [0.29, 0.717) is 52.0 Å². The summed E-state index contributed by atoms with van der Waals surface area (Å²) in [6, 6.07) is 13.0. The number of halogens is 5. The predicted molar refractivity (Wildman–Crippen MR) is 117 cm³/mol. The summed E-state index contributed by atoms with van der Waals surface area (Å²) in [4.78, 5) is 15.8. The molecule has 1 heterocycles. The number of fused-ring (bicyclic) bond motifs is 2. The lowest BCUT2D eigenvalue weighted by Crippen LogP contribution is -2.31. The Bertz CT molecular complexity index is 1100. The van der Waals surface area contributed by atoms with Crippen LogP contribution in [0.15, 0.2) is 58.3 Å². The molecule has 9 heteroatoms. The van der Waals surface area contributed by atoms with Crippen LogP contribution in [0.4, 0.5) is 16.2 Å². The van der Waals surface area contributed by atoms with Crippen LogP contribution in [-0.4, -0.2) is 6.09 Å². The van der Waals surface area contributed by atoms with E-state index in [0.717, 1.165) is 0 Å². The van der Waals surface area contributed by atoms with Gasteiger partial charge in [0.1, 0.15) is 5.75 Å². The molecule has 1 amide bonds. The molecule has 0 aliphatic carbocycles. The first-order valence-corrected chi connectivity index (χ1v) is 10.5. The van der Waals surface area contributed by atoms with Gasteiger partial charge in [-0.15, -0.1) is 0 Å². The van der Waals surface area contributed by atoms with E-state index in [1.165, 1.54) is 16.7 Å². The molecule has 1 aliphatic rings. The normalized spacial score (nSPS) is 12.4. The zero-order chi connectivity index (χ0) is 20.0. The number of anilines is 2. The lowest BCUT2D eigenvalue weighted by Gasteiger charge is -2.31. The summed E-state index contributed by atoms with van der Waals surface area (Å²) >= 11 is 32.2. The van der Waals surface area contributed by atoms with E-state index in [1.807, 2.05) is 0 Å². The summed E-state index contributed by atoms with van der Waals surface area (Å²) in [6.07, 6.45) is -0.651. The molecule has 4 rings (SSSR count). The minimum atomic E-state index is -0.651. The van der Waals surface area contributed by atoms with Crippen molar-refractivity contribution in [2.75, 3.05) is 4.90 Å². The molecule has 3 aromatic carbocycles. The largest absolute Gasteiger partial charge is 0.424 e. The molecule has 28 heavy (non-hydrogen) atoms. The molecule has 1 aliphatic heterocycles. The Morgan fingerprint density at radius 3 is 2.18 bits per heavy atom. The smallest absolute Gasteiger partial charge is 0.410 e. The highest BCUT2D eigenvalue weighted by Crippen LogP contribution is 2.53. The lowest BCUT2D eigenvalue weighted by atomic mass is 10.2. The van der Waals surface area contributed by atoms with E-state index in [9.17, 15) is 4.79 Å². The molecule has 3 nitrogen and oxygen atoms in total. The third-order valence-electron chi connectivity index (χ3n) is 3.89. The molecule has 0 bridgehead atoms. The Hall–Kier alpha value is -1.27. The Labute approximate surface area is 190 Å². The van der Waals surface area contributed by atoms with Gasteiger partial charge in [-0.05, 0) is 48.5 Å². The van der Waals surface area contributed by atoms with Gasteiger partial charge in [0, 0.05) is 14.9 Å². The van der Waals surface area contributed by atoms with Gasteiger partial charge in [-0.3, -0.25) is 0 Å². The van der Waals surface area contributed by atoms with Crippen LogP contribution < -0.4 is 9.64 Å². The Balaban J connectivity index is 1.84. The lowest BCUT2D eigenvalue weighted by molar-refractivity contribution is 0.210. The Kier molecular flexibility index (Phi) is 5.62. The Morgan fingerprint density at radius 1 is 0.786 bits per heavy atom. The molecule has 3 aromatic rings. The van der Waals surface area contributed by atoms with Crippen LogP contribution in [-0.2, 0) is 0 Å². The second-order valence-electron chi connectivity index (χ2n) is 5.73. The van der Waals surface area contributed by atoms with E-state index >= 15 is 0 Å². The fourth-order valence-corrected chi connectivity index (χ4v) is 4.85. The van der Waals surface area contributed by atoms with Crippen molar-refractivity contribution in [2.45, 2.75) is 9.79 Å². The average Bonchev–Trinajstić information content (AvgIpc) is 2.63. The second-order valence-corrected chi connectivity index (χ2v) is 8.88. The van der Waals surface area contributed by atoms with Crippen LogP contribution in [0.5, 0.6) is 5.75 Å². The maximum Gasteiger partial charge on any atom is 0.424 e. The number of carbonyl (C=O) groups is 1. The van der Waals surface area contributed by atoms with Crippen molar-refractivity contribution in [1.29, 1.82) is 0 Å². The number of amides is 1. The van der Waals surface area contributed by atoms with Crippen molar-refractivity contribution in [2.24, 2.45) is 0 Å². The van der Waals surface area contributed by atoms with Crippen LogP contribution in [0, 0.1) is 0 Å². The number of hydrogen-bond donors (Lipinski definition) is 0. The minimum absolute atomic E-state index is 0.307. The first-order chi connectivity index (χ1) is 13.3. The van der Waals surface area contributed by atoms with Crippen LogP contribution in [0.2, 0.25) is 25.1 Å². The van der Waals surface area contributed by atoms with Gasteiger partial charge in [0.25, 0.3) is 0 Å². The first kappa shape index (κ1) is 20.0. The predicted octanol–water partition coefficient (Wildman–Crippen LogP) is 8.76. The van der Waals surface area contributed by atoms with Gasteiger partial charge in [-0.1, -0.05) is 69.8 Å². The molecule has 0 saturated heterocycles. The van der Waals surface area contributed by atoms with Crippen molar-refractivity contribution < 1.29 is 9.53 Å². The monoisotopic (exact) mass is 489 g/mol. The summed E-state index contributed by atoms with van der Waals surface area (Å²) in [5.41, 5.74) is 1.01. The number of ether oxygens (including phenoxy) is 1. The molecular formula is C19H8Cl5NO2S. The second kappa shape index (κ2) is 7.86. The summed E-state index contributed by atoms with van der Waals surface area (Å²) in [5.74, 6) is 0.337. The Morgan fingerprint density at radius 2 is 1.46 bits per heavy atom. The molecule has 0 radical (unpaired) electrons. The maximum atomic E-state index is 13.1. The highest BCUT2D eigenvalue weighted by molar-refractivity contribution is 8.00. The highest BCUT2D eigenvalue weighted by atomic mass is 35.5. The molecule has 0 unspecified atom stereocenters. The summed E-state index contributed by atoms with van der Waals surface area (Å²) < 4.78 is 5.53. The topological polar surface area (TPSA) is 29.5 Å². The van der Waals surface area contributed by atoms with Crippen LogP contribution in [0.1, 0.15) is 0 Å². The molecule has 0 saturated carbocycles. The minimum Gasteiger partial charge on any atom is -0.410 e. The molecule has 142 valence electrons. The van der Waals surface area contributed by atoms with Gasteiger partial charge in [0.2, 0.25) is 0 Å². The van der Waals surface area contributed by atoms with Gasteiger partial charge in [0.05, 0.1) is 31.3 Å².